The lowest BCUT2D eigenvalue weighted by Crippen LogP contribution is -2.07. The van der Waals surface area contributed by atoms with Crippen molar-refractivity contribution in [1.82, 2.24) is 9.97 Å². The van der Waals surface area contributed by atoms with Crippen molar-refractivity contribution in [2.75, 3.05) is 11.9 Å². The highest BCUT2D eigenvalue weighted by Gasteiger charge is 2.15. The Morgan fingerprint density at radius 1 is 1.39 bits per heavy atom. The number of rotatable bonds is 4. The van der Waals surface area contributed by atoms with E-state index in [9.17, 15) is 0 Å². The normalized spacial score (nSPS) is 10.9. The van der Waals surface area contributed by atoms with E-state index in [-0.39, 0.29) is 0 Å². The Kier molecular flexibility index (Phi) is 4.01. The van der Waals surface area contributed by atoms with Gasteiger partial charge in [-0.15, -0.1) is 0 Å². The first-order chi connectivity index (χ1) is 8.63. The van der Waals surface area contributed by atoms with Crippen molar-refractivity contribution in [3.8, 4) is 11.4 Å². The molecule has 18 heavy (non-hydrogen) atoms. The van der Waals surface area contributed by atoms with Crippen LogP contribution in [0.1, 0.15) is 32.4 Å². The molecule has 4 nitrogen and oxygen atoms in total. The number of anilines is 1. The van der Waals surface area contributed by atoms with Gasteiger partial charge in [-0.05, 0) is 34.8 Å². The van der Waals surface area contributed by atoms with Crippen LogP contribution in [0.25, 0.3) is 11.4 Å². The topological polar surface area (TPSA) is 51.0 Å². The Labute approximate surface area is 115 Å². The molecule has 2 aromatic rings. The maximum atomic E-state index is 5.09. The molecule has 96 valence electrons. The van der Waals surface area contributed by atoms with Crippen molar-refractivity contribution in [2.45, 2.75) is 26.7 Å². The molecule has 0 aliphatic heterocycles. The predicted molar refractivity (Wildman–Crippen MR) is 75.7 cm³/mol. The number of nitrogens with zero attached hydrogens (tertiary/aromatic N) is 2. The monoisotopic (exact) mass is 309 g/mol. The minimum atomic E-state index is 0.324. The third kappa shape index (κ3) is 2.56. The fraction of sp³-hybridized carbons (Fsp3) is 0.385. The fourth-order valence-electron chi connectivity index (χ4n) is 1.65. The summed E-state index contributed by atoms with van der Waals surface area (Å²) in [5, 5.41) is 3.24. The average Bonchev–Trinajstić information content (AvgIpc) is 2.85. The maximum Gasteiger partial charge on any atom is 0.165 e. The van der Waals surface area contributed by atoms with Crippen LogP contribution >= 0.6 is 15.9 Å². The second-order valence-corrected chi connectivity index (χ2v) is 5.09. The Hall–Kier alpha value is -1.36. The molecule has 0 atom stereocenters. The second-order valence-electron chi connectivity index (χ2n) is 4.29. The molecule has 0 unspecified atom stereocenters. The van der Waals surface area contributed by atoms with E-state index in [1.165, 1.54) is 0 Å². The molecule has 0 saturated carbocycles. The van der Waals surface area contributed by atoms with Gasteiger partial charge in [0.15, 0.2) is 5.82 Å². The Morgan fingerprint density at radius 2 is 2.17 bits per heavy atom. The van der Waals surface area contributed by atoms with Gasteiger partial charge >= 0.3 is 0 Å². The average molecular weight is 310 g/mol. The smallest absolute Gasteiger partial charge is 0.165 e. The van der Waals surface area contributed by atoms with E-state index >= 15 is 0 Å². The van der Waals surface area contributed by atoms with Crippen molar-refractivity contribution >= 4 is 21.7 Å². The van der Waals surface area contributed by atoms with Gasteiger partial charge in [-0.25, -0.2) is 9.97 Å². The number of aromatic nitrogens is 2. The second kappa shape index (κ2) is 5.52. The molecule has 0 bridgehead atoms. The summed E-state index contributed by atoms with van der Waals surface area (Å²) in [6.45, 7) is 7.09. The molecule has 0 aliphatic carbocycles. The Bertz CT molecular complexity index is 523. The summed E-state index contributed by atoms with van der Waals surface area (Å²) in [6, 6.07) is 1.86. The van der Waals surface area contributed by atoms with Crippen LogP contribution in [0, 0.1) is 0 Å². The van der Waals surface area contributed by atoms with Crippen LogP contribution in [0.3, 0.4) is 0 Å². The molecular weight excluding hydrogens is 294 g/mol. The highest BCUT2D eigenvalue weighted by molar-refractivity contribution is 9.10. The van der Waals surface area contributed by atoms with E-state index in [2.05, 4.69) is 45.1 Å². The van der Waals surface area contributed by atoms with Crippen LogP contribution < -0.4 is 5.32 Å². The van der Waals surface area contributed by atoms with Gasteiger partial charge in [-0.1, -0.05) is 13.8 Å². The van der Waals surface area contributed by atoms with Crippen LogP contribution in [0.5, 0.6) is 0 Å². The first-order valence-corrected chi connectivity index (χ1v) is 6.76. The zero-order valence-corrected chi connectivity index (χ0v) is 12.3. The number of nitrogens with one attached hydrogen (secondary N) is 1. The lowest BCUT2D eigenvalue weighted by Gasteiger charge is -2.13. The van der Waals surface area contributed by atoms with Gasteiger partial charge in [0, 0.05) is 6.54 Å². The Balaban J connectivity index is 2.55. The van der Waals surface area contributed by atoms with E-state index in [1.54, 1.807) is 12.5 Å². The molecule has 2 rings (SSSR count). The number of hydrogen-bond acceptors (Lipinski definition) is 4. The van der Waals surface area contributed by atoms with Gasteiger partial charge in [0.25, 0.3) is 0 Å². The van der Waals surface area contributed by atoms with E-state index in [1.807, 2.05) is 13.0 Å². The summed E-state index contributed by atoms with van der Waals surface area (Å²) >= 11 is 3.57. The lowest BCUT2D eigenvalue weighted by atomic mass is 10.1. The molecule has 0 amide bonds. The summed E-state index contributed by atoms with van der Waals surface area (Å²) in [5.74, 6) is 1.84. The summed E-state index contributed by atoms with van der Waals surface area (Å²) in [5.41, 5.74) is 1.89. The van der Waals surface area contributed by atoms with E-state index in [4.69, 9.17) is 4.42 Å². The summed E-state index contributed by atoms with van der Waals surface area (Å²) in [4.78, 5) is 9.12. The zero-order chi connectivity index (χ0) is 13.1. The van der Waals surface area contributed by atoms with E-state index in [0.717, 1.165) is 28.1 Å². The zero-order valence-electron chi connectivity index (χ0n) is 10.7. The molecule has 0 saturated heterocycles. The summed E-state index contributed by atoms with van der Waals surface area (Å²) < 4.78 is 6.02. The largest absolute Gasteiger partial charge is 0.472 e. The van der Waals surface area contributed by atoms with Gasteiger partial charge in [0.1, 0.15) is 12.1 Å². The first kappa shape index (κ1) is 13.1. The van der Waals surface area contributed by atoms with Crippen molar-refractivity contribution in [2.24, 2.45) is 0 Å². The number of hydrogen-bond donors (Lipinski definition) is 1. The highest BCUT2D eigenvalue weighted by Crippen LogP contribution is 2.31. The number of furan rings is 1. The molecular formula is C13H16BrN3O. The minimum absolute atomic E-state index is 0.324. The molecule has 0 aliphatic rings. The third-order valence-electron chi connectivity index (χ3n) is 2.55. The number of halogens is 1. The summed E-state index contributed by atoms with van der Waals surface area (Å²) in [7, 11) is 0. The quantitative estimate of drug-likeness (QED) is 0.925. The maximum absolute atomic E-state index is 5.09. The molecule has 0 fully saturated rings. The van der Waals surface area contributed by atoms with Crippen LogP contribution in [0.4, 0.5) is 5.82 Å². The highest BCUT2D eigenvalue weighted by atomic mass is 79.9. The standard InChI is InChI=1S/C13H16BrN3O/c1-4-15-13-10(14)11(8(2)3)16-12(17-13)9-5-6-18-7-9/h5-8H,4H2,1-3H3,(H,15,16,17). The van der Waals surface area contributed by atoms with Gasteiger partial charge in [-0.2, -0.15) is 0 Å². The SMILES string of the molecule is CCNc1nc(-c2ccoc2)nc(C(C)C)c1Br. The molecule has 0 aromatic carbocycles. The molecule has 2 heterocycles. The minimum Gasteiger partial charge on any atom is -0.472 e. The lowest BCUT2D eigenvalue weighted by molar-refractivity contribution is 0.568. The van der Waals surface area contributed by atoms with Crippen molar-refractivity contribution in [1.29, 1.82) is 0 Å². The molecule has 1 N–H and O–H groups in total. The molecule has 5 heteroatoms. The van der Waals surface area contributed by atoms with E-state index < -0.39 is 0 Å². The van der Waals surface area contributed by atoms with Gasteiger partial charge in [0.05, 0.1) is 22.0 Å². The van der Waals surface area contributed by atoms with Gasteiger partial charge in [0.2, 0.25) is 0 Å². The van der Waals surface area contributed by atoms with Gasteiger partial charge in [-0.3, -0.25) is 0 Å². The van der Waals surface area contributed by atoms with Crippen molar-refractivity contribution in [3.05, 3.63) is 28.8 Å². The van der Waals surface area contributed by atoms with Gasteiger partial charge < -0.3 is 9.73 Å². The third-order valence-corrected chi connectivity index (χ3v) is 3.33. The molecule has 0 spiro atoms. The van der Waals surface area contributed by atoms with Crippen LogP contribution in [0.2, 0.25) is 0 Å². The van der Waals surface area contributed by atoms with Crippen LogP contribution in [-0.4, -0.2) is 16.5 Å². The van der Waals surface area contributed by atoms with E-state index in [0.29, 0.717) is 11.7 Å². The van der Waals surface area contributed by atoms with Crippen LogP contribution in [0.15, 0.2) is 27.5 Å². The fourth-order valence-corrected chi connectivity index (χ4v) is 2.43. The van der Waals surface area contributed by atoms with Crippen LogP contribution in [-0.2, 0) is 0 Å². The van der Waals surface area contributed by atoms with Crippen molar-refractivity contribution < 1.29 is 4.42 Å². The molecule has 0 radical (unpaired) electrons. The first-order valence-electron chi connectivity index (χ1n) is 5.97. The molecule has 2 aromatic heterocycles. The van der Waals surface area contributed by atoms with Crippen molar-refractivity contribution in [3.63, 3.8) is 0 Å². The summed E-state index contributed by atoms with van der Waals surface area (Å²) in [6.07, 6.45) is 3.28. The Morgan fingerprint density at radius 3 is 2.72 bits per heavy atom. The predicted octanol–water partition coefficient (Wildman–Crippen LogP) is 4.05.